The molecule has 0 spiro atoms. The Bertz CT molecular complexity index is 1410. The maximum absolute atomic E-state index is 13.9. The zero-order valence-corrected chi connectivity index (χ0v) is 29.9. The van der Waals surface area contributed by atoms with E-state index >= 15 is 0 Å². The van der Waals surface area contributed by atoms with Gasteiger partial charge in [0.15, 0.2) is 5.76 Å². The number of ether oxygens (including phenoxy) is 4. The number of carbonyl (C=O) groups is 3. The van der Waals surface area contributed by atoms with Crippen molar-refractivity contribution >= 4 is 23.8 Å². The molecule has 0 aliphatic rings. The van der Waals surface area contributed by atoms with E-state index < -0.39 is 22.6 Å². The fraction of sp³-hybridized carbons (Fsp3) is 0.553. The minimum Gasteiger partial charge on any atom is -0.493 e. The van der Waals surface area contributed by atoms with Crippen molar-refractivity contribution < 1.29 is 33.3 Å². The molecule has 0 unspecified atom stereocenters. The van der Waals surface area contributed by atoms with E-state index in [-0.39, 0.29) is 22.6 Å². The number of allylic oxidation sites excluding steroid dienone is 1. The normalized spacial score (nSPS) is 12.9. The fourth-order valence-corrected chi connectivity index (χ4v) is 4.27. The molecule has 0 bridgehead atoms. The Morgan fingerprint density at radius 1 is 0.689 bits per heavy atom. The number of hydrogen-bond acceptors (Lipinski definition) is 7. The Kier molecular flexibility index (Phi) is 11.9. The predicted octanol–water partition coefficient (Wildman–Crippen LogP) is 9.23. The molecule has 0 saturated heterocycles. The van der Waals surface area contributed by atoms with Gasteiger partial charge in [0.2, 0.25) is 5.78 Å². The average Bonchev–Trinajstić information content (AvgIpc) is 2.95. The summed E-state index contributed by atoms with van der Waals surface area (Å²) < 4.78 is 23.7. The molecule has 0 N–H and O–H groups in total. The molecule has 0 aromatic heterocycles. The van der Waals surface area contributed by atoms with Gasteiger partial charge in [-0.15, -0.1) is 0 Å². The van der Waals surface area contributed by atoms with E-state index in [1.807, 2.05) is 6.92 Å². The Morgan fingerprint density at radius 3 is 1.58 bits per heavy atom. The number of rotatable bonds is 12. The molecule has 7 nitrogen and oxygen atoms in total. The van der Waals surface area contributed by atoms with Gasteiger partial charge in [0.05, 0.1) is 30.1 Å². The van der Waals surface area contributed by atoms with E-state index in [2.05, 4.69) is 47.6 Å². The van der Waals surface area contributed by atoms with Crippen LogP contribution in [-0.2, 0) is 25.2 Å². The van der Waals surface area contributed by atoms with Crippen LogP contribution in [0.1, 0.15) is 130 Å². The first-order valence-corrected chi connectivity index (χ1v) is 15.8. The summed E-state index contributed by atoms with van der Waals surface area (Å²) in [6.07, 6.45) is 3.22. The van der Waals surface area contributed by atoms with E-state index in [1.165, 1.54) is 7.11 Å². The highest BCUT2D eigenvalue weighted by atomic mass is 16.5. The summed E-state index contributed by atoms with van der Waals surface area (Å²) in [5, 5.41) is 0. The lowest BCUT2D eigenvalue weighted by Gasteiger charge is -2.34. The number of methoxy groups -OCH3 is 1. The van der Waals surface area contributed by atoms with Crippen LogP contribution in [0.2, 0.25) is 0 Å². The van der Waals surface area contributed by atoms with Gasteiger partial charge in [-0.2, -0.15) is 0 Å². The molecule has 45 heavy (non-hydrogen) atoms. The van der Waals surface area contributed by atoms with Crippen LogP contribution >= 0.6 is 0 Å². The van der Waals surface area contributed by atoms with Crippen LogP contribution in [0.3, 0.4) is 0 Å². The van der Waals surface area contributed by atoms with Crippen molar-refractivity contribution in [1.29, 1.82) is 0 Å². The number of ketones is 1. The van der Waals surface area contributed by atoms with Crippen LogP contribution in [0.15, 0.2) is 36.1 Å². The molecule has 7 heteroatoms. The molecule has 2 aromatic carbocycles. The predicted molar refractivity (Wildman–Crippen MR) is 180 cm³/mol. The standard InChI is InChI=1S/C38H54O7/c1-15-37(10,11)27-23-28(38(12,13)16-2)32(45-34(41)36(7,8)9)26(31(27)43-17-3)22-29(42-14)30(39)24-18-20-25(21-19-24)44-33(40)35(4,5)6/h18-23H,15-17H2,1-14H3. The zero-order chi connectivity index (χ0) is 34.5. The third-order valence-corrected chi connectivity index (χ3v) is 8.25. The Balaban J connectivity index is 2.92. The fourth-order valence-electron chi connectivity index (χ4n) is 4.27. The average molecular weight is 623 g/mol. The van der Waals surface area contributed by atoms with Gasteiger partial charge >= 0.3 is 11.9 Å². The summed E-state index contributed by atoms with van der Waals surface area (Å²) in [7, 11) is 1.43. The van der Waals surface area contributed by atoms with Crippen molar-refractivity contribution in [2.75, 3.05) is 13.7 Å². The summed E-state index contributed by atoms with van der Waals surface area (Å²) in [5.74, 6) is 0.108. The number of benzene rings is 2. The molecule has 0 aliphatic heterocycles. The van der Waals surface area contributed by atoms with E-state index in [0.29, 0.717) is 35.0 Å². The minimum atomic E-state index is -0.778. The summed E-state index contributed by atoms with van der Waals surface area (Å²) in [6.45, 7) is 25.8. The van der Waals surface area contributed by atoms with Gasteiger partial charge in [0, 0.05) is 16.7 Å². The number of carbonyl (C=O) groups excluding carboxylic acids is 3. The van der Waals surface area contributed by atoms with Gasteiger partial charge in [0.1, 0.15) is 17.2 Å². The molecule has 0 fully saturated rings. The summed E-state index contributed by atoms with van der Waals surface area (Å²) >= 11 is 0. The Hall–Kier alpha value is -3.61. The molecule has 248 valence electrons. The SMILES string of the molecule is CCOc1c(C(C)(C)CC)cc(C(C)(C)CC)c(OC(=O)C(C)(C)C)c1C=C(OC)C(=O)c1ccc(OC(=O)C(C)(C)C)cc1. The monoisotopic (exact) mass is 622 g/mol. The molecular formula is C38H54O7. The molecule has 0 aliphatic carbocycles. The highest BCUT2D eigenvalue weighted by Gasteiger charge is 2.36. The topological polar surface area (TPSA) is 88.1 Å². The van der Waals surface area contributed by atoms with Crippen LogP contribution in [0.5, 0.6) is 17.2 Å². The maximum Gasteiger partial charge on any atom is 0.316 e. The van der Waals surface area contributed by atoms with Crippen LogP contribution in [0.4, 0.5) is 0 Å². The van der Waals surface area contributed by atoms with E-state index in [0.717, 1.165) is 24.0 Å². The quantitative estimate of drug-likeness (QED) is 0.0766. The van der Waals surface area contributed by atoms with Crippen molar-refractivity contribution in [1.82, 2.24) is 0 Å². The van der Waals surface area contributed by atoms with Crippen molar-refractivity contribution in [2.45, 2.75) is 114 Å². The Morgan fingerprint density at radius 2 is 1.16 bits per heavy atom. The van der Waals surface area contributed by atoms with Crippen LogP contribution < -0.4 is 14.2 Å². The minimum absolute atomic E-state index is 0.0372. The van der Waals surface area contributed by atoms with E-state index in [9.17, 15) is 14.4 Å². The van der Waals surface area contributed by atoms with Crippen molar-refractivity contribution in [3.05, 3.63) is 58.3 Å². The summed E-state index contributed by atoms with van der Waals surface area (Å²) in [6, 6.07) is 8.45. The van der Waals surface area contributed by atoms with Crippen LogP contribution in [0.25, 0.3) is 6.08 Å². The van der Waals surface area contributed by atoms with E-state index in [4.69, 9.17) is 18.9 Å². The highest BCUT2D eigenvalue weighted by molar-refractivity contribution is 6.10. The molecule has 2 rings (SSSR count). The van der Waals surface area contributed by atoms with Gasteiger partial charge in [-0.25, -0.2) is 0 Å². The molecule has 0 atom stereocenters. The number of esters is 2. The third kappa shape index (κ3) is 8.99. The Labute approximate surface area is 270 Å². The van der Waals surface area contributed by atoms with Gasteiger partial charge in [-0.3, -0.25) is 14.4 Å². The summed E-state index contributed by atoms with van der Waals surface area (Å²) in [5.41, 5.74) is 0.501. The maximum atomic E-state index is 13.9. The van der Waals surface area contributed by atoms with Gasteiger partial charge < -0.3 is 18.9 Å². The molecule has 0 heterocycles. The largest absolute Gasteiger partial charge is 0.493 e. The number of hydrogen-bond donors (Lipinski definition) is 0. The van der Waals surface area contributed by atoms with Crippen LogP contribution in [0, 0.1) is 10.8 Å². The lowest BCUT2D eigenvalue weighted by atomic mass is 9.74. The molecule has 0 radical (unpaired) electrons. The molecular weight excluding hydrogens is 568 g/mol. The smallest absolute Gasteiger partial charge is 0.316 e. The second-order valence-electron chi connectivity index (χ2n) is 14.8. The highest BCUT2D eigenvalue weighted by Crippen LogP contribution is 2.48. The molecule has 0 amide bonds. The van der Waals surface area contributed by atoms with Crippen molar-refractivity contribution in [3.8, 4) is 17.2 Å². The molecule has 2 aromatic rings. The first-order chi connectivity index (χ1) is 20.6. The number of Topliss-reactive ketones (excluding diaryl/α,β-unsaturated/α-hetero) is 1. The van der Waals surface area contributed by atoms with Crippen LogP contribution in [-0.4, -0.2) is 31.4 Å². The first kappa shape index (κ1) is 37.6. The lowest BCUT2D eigenvalue weighted by molar-refractivity contribution is -0.143. The van der Waals surface area contributed by atoms with Crippen molar-refractivity contribution in [2.24, 2.45) is 10.8 Å². The van der Waals surface area contributed by atoms with E-state index in [1.54, 1.807) is 71.9 Å². The van der Waals surface area contributed by atoms with Gasteiger partial charge in [-0.05, 0) is 109 Å². The zero-order valence-electron chi connectivity index (χ0n) is 29.9. The molecule has 0 saturated carbocycles. The second kappa shape index (κ2) is 14.2. The summed E-state index contributed by atoms with van der Waals surface area (Å²) in [4.78, 5) is 39.6. The first-order valence-electron chi connectivity index (χ1n) is 15.8. The van der Waals surface area contributed by atoms with Gasteiger partial charge in [0.25, 0.3) is 0 Å². The van der Waals surface area contributed by atoms with Crippen molar-refractivity contribution in [3.63, 3.8) is 0 Å². The lowest BCUT2D eigenvalue weighted by Crippen LogP contribution is -2.29. The second-order valence-corrected chi connectivity index (χ2v) is 14.8. The van der Waals surface area contributed by atoms with Gasteiger partial charge in [-0.1, -0.05) is 41.5 Å². The third-order valence-electron chi connectivity index (χ3n) is 8.25.